The number of carboxylic acids is 1. The first kappa shape index (κ1) is 13.9. The number of anilines is 2. The van der Waals surface area contributed by atoms with Crippen molar-refractivity contribution in [2.75, 3.05) is 11.6 Å². The number of thioether (sulfide) groups is 1. The predicted molar refractivity (Wildman–Crippen MR) is 80.4 cm³/mol. The predicted octanol–water partition coefficient (Wildman–Crippen LogP) is 4.01. The first-order valence-corrected chi connectivity index (χ1v) is 7.42. The minimum atomic E-state index is -1.02. The summed E-state index contributed by atoms with van der Waals surface area (Å²) in [4.78, 5) is 16.4. The summed E-state index contributed by atoms with van der Waals surface area (Å²) in [6.07, 6.45) is 3.56. The molecule has 0 saturated heterocycles. The minimum absolute atomic E-state index is 0.128. The van der Waals surface area contributed by atoms with Crippen LogP contribution in [0.4, 0.5) is 11.5 Å². The van der Waals surface area contributed by atoms with Gasteiger partial charge in [-0.2, -0.15) is 0 Å². The van der Waals surface area contributed by atoms with E-state index in [0.717, 1.165) is 10.6 Å². The fraction of sp³-hybridized carbons (Fsp3) is 0.0769. The Morgan fingerprint density at radius 3 is 2.63 bits per heavy atom. The third kappa shape index (κ3) is 3.48. The molecule has 0 aliphatic heterocycles. The molecule has 2 rings (SSSR count). The number of pyridine rings is 1. The van der Waals surface area contributed by atoms with E-state index in [2.05, 4.69) is 26.2 Å². The molecular formula is C13H11BrN2O2S. The van der Waals surface area contributed by atoms with Crippen molar-refractivity contribution < 1.29 is 9.90 Å². The Morgan fingerprint density at radius 1 is 1.37 bits per heavy atom. The number of aromatic carboxylic acids is 1. The van der Waals surface area contributed by atoms with Crippen molar-refractivity contribution in [2.45, 2.75) is 4.90 Å². The lowest BCUT2D eigenvalue weighted by molar-refractivity contribution is 0.0697. The number of rotatable bonds is 4. The molecule has 0 aliphatic carbocycles. The quantitative estimate of drug-likeness (QED) is 0.824. The van der Waals surface area contributed by atoms with E-state index in [1.807, 2.05) is 30.5 Å². The fourth-order valence-electron chi connectivity index (χ4n) is 1.51. The van der Waals surface area contributed by atoms with Gasteiger partial charge in [-0.3, -0.25) is 0 Å². The number of aromatic nitrogens is 1. The smallest absolute Gasteiger partial charge is 0.339 e. The SMILES string of the molecule is CSc1ccc(Nc2ncc(Br)cc2C(=O)O)cc1. The lowest BCUT2D eigenvalue weighted by Crippen LogP contribution is -2.04. The van der Waals surface area contributed by atoms with Crippen LogP contribution in [-0.4, -0.2) is 22.3 Å². The number of hydrogen-bond donors (Lipinski definition) is 2. The van der Waals surface area contributed by atoms with E-state index in [1.54, 1.807) is 18.0 Å². The molecule has 0 bridgehead atoms. The first-order chi connectivity index (χ1) is 9.10. The van der Waals surface area contributed by atoms with Gasteiger partial charge in [-0.15, -0.1) is 11.8 Å². The monoisotopic (exact) mass is 338 g/mol. The number of carbonyl (C=O) groups is 1. The summed E-state index contributed by atoms with van der Waals surface area (Å²) < 4.78 is 0.633. The topological polar surface area (TPSA) is 62.2 Å². The van der Waals surface area contributed by atoms with Gasteiger partial charge in [0.15, 0.2) is 0 Å². The van der Waals surface area contributed by atoms with Crippen LogP contribution in [0.15, 0.2) is 45.9 Å². The van der Waals surface area contributed by atoms with Crippen LogP contribution in [0.25, 0.3) is 0 Å². The van der Waals surface area contributed by atoms with E-state index in [9.17, 15) is 4.79 Å². The van der Waals surface area contributed by atoms with Gasteiger partial charge in [-0.25, -0.2) is 9.78 Å². The van der Waals surface area contributed by atoms with Crippen LogP contribution in [0.3, 0.4) is 0 Å². The lowest BCUT2D eigenvalue weighted by atomic mass is 10.2. The zero-order chi connectivity index (χ0) is 13.8. The molecule has 1 heterocycles. The Morgan fingerprint density at radius 2 is 2.05 bits per heavy atom. The molecular weight excluding hydrogens is 328 g/mol. The Hall–Kier alpha value is -1.53. The van der Waals surface area contributed by atoms with E-state index < -0.39 is 5.97 Å². The summed E-state index contributed by atoms with van der Waals surface area (Å²) in [5.74, 6) is -0.690. The zero-order valence-electron chi connectivity index (χ0n) is 10.1. The third-order valence-corrected chi connectivity index (χ3v) is 3.61. The van der Waals surface area contributed by atoms with Crippen LogP contribution in [0.1, 0.15) is 10.4 Å². The molecule has 98 valence electrons. The highest BCUT2D eigenvalue weighted by atomic mass is 79.9. The summed E-state index contributed by atoms with van der Waals surface area (Å²) in [6, 6.07) is 9.23. The van der Waals surface area contributed by atoms with Crippen molar-refractivity contribution in [1.29, 1.82) is 0 Å². The van der Waals surface area contributed by atoms with Crippen molar-refractivity contribution in [3.63, 3.8) is 0 Å². The molecule has 0 saturated carbocycles. The van der Waals surface area contributed by atoms with E-state index in [0.29, 0.717) is 10.3 Å². The van der Waals surface area contributed by atoms with Crippen molar-refractivity contribution in [2.24, 2.45) is 0 Å². The van der Waals surface area contributed by atoms with Gasteiger partial charge in [0.05, 0.1) is 0 Å². The third-order valence-electron chi connectivity index (χ3n) is 2.44. The Kier molecular flexibility index (Phi) is 4.44. The zero-order valence-corrected chi connectivity index (χ0v) is 12.5. The molecule has 1 aromatic carbocycles. The van der Waals surface area contributed by atoms with Crippen LogP contribution in [0.2, 0.25) is 0 Å². The summed E-state index contributed by atoms with van der Waals surface area (Å²) in [5, 5.41) is 12.2. The van der Waals surface area contributed by atoms with Crippen LogP contribution >= 0.6 is 27.7 Å². The Balaban J connectivity index is 2.29. The van der Waals surface area contributed by atoms with Crippen molar-refractivity contribution in [3.05, 3.63) is 46.6 Å². The van der Waals surface area contributed by atoms with Gasteiger partial charge >= 0.3 is 5.97 Å². The lowest BCUT2D eigenvalue weighted by Gasteiger charge is -2.09. The van der Waals surface area contributed by atoms with Gasteiger partial charge in [0, 0.05) is 21.3 Å². The second kappa shape index (κ2) is 6.08. The maximum absolute atomic E-state index is 11.2. The molecule has 0 amide bonds. The summed E-state index contributed by atoms with van der Waals surface area (Å²) in [6.45, 7) is 0. The molecule has 1 aromatic heterocycles. The van der Waals surface area contributed by atoms with Crippen molar-refractivity contribution >= 4 is 45.2 Å². The molecule has 2 N–H and O–H groups in total. The van der Waals surface area contributed by atoms with Gasteiger partial charge in [0.2, 0.25) is 0 Å². The normalized spacial score (nSPS) is 10.2. The molecule has 2 aromatic rings. The van der Waals surface area contributed by atoms with E-state index in [-0.39, 0.29) is 5.56 Å². The highest BCUT2D eigenvalue weighted by Gasteiger charge is 2.12. The number of carboxylic acid groups (broad SMARTS) is 1. The fourth-order valence-corrected chi connectivity index (χ4v) is 2.25. The van der Waals surface area contributed by atoms with Crippen LogP contribution in [0.5, 0.6) is 0 Å². The maximum Gasteiger partial charge on any atom is 0.339 e. The van der Waals surface area contributed by atoms with E-state index in [4.69, 9.17) is 5.11 Å². The van der Waals surface area contributed by atoms with Crippen molar-refractivity contribution in [3.8, 4) is 0 Å². The number of nitrogens with one attached hydrogen (secondary N) is 1. The summed E-state index contributed by atoms with van der Waals surface area (Å²) >= 11 is 4.86. The Bertz CT molecular complexity index is 602. The number of hydrogen-bond acceptors (Lipinski definition) is 4. The molecule has 0 aliphatic rings. The van der Waals surface area contributed by atoms with Gasteiger partial charge in [0.25, 0.3) is 0 Å². The van der Waals surface area contributed by atoms with Gasteiger partial charge in [0.1, 0.15) is 11.4 Å². The highest BCUT2D eigenvalue weighted by Crippen LogP contribution is 2.23. The number of halogens is 1. The van der Waals surface area contributed by atoms with Crippen LogP contribution in [0, 0.1) is 0 Å². The van der Waals surface area contributed by atoms with E-state index in [1.165, 1.54) is 6.07 Å². The molecule has 0 atom stereocenters. The number of benzene rings is 1. The molecule has 0 unspecified atom stereocenters. The average molecular weight is 339 g/mol. The van der Waals surface area contributed by atoms with Crippen molar-refractivity contribution in [1.82, 2.24) is 4.98 Å². The molecule has 0 radical (unpaired) electrons. The summed E-state index contributed by atoms with van der Waals surface area (Å²) in [7, 11) is 0. The maximum atomic E-state index is 11.2. The van der Waals surface area contributed by atoms with Crippen LogP contribution in [-0.2, 0) is 0 Å². The van der Waals surface area contributed by atoms with E-state index >= 15 is 0 Å². The second-order valence-corrected chi connectivity index (χ2v) is 5.50. The molecule has 19 heavy (non-hydrogen) atoms. The minimum Gasteiger partial charge on any atom is -0.478 e. The standard InChI is InChI=1S/C13H11BrN2O2S/c1-19-10-4-2-9(3-5-10)16-12-11(13(17)18)6-8(14)7-15-12/h2-7H,1H3,(H,15,16)(H,17,18). The summed E-state index contributed by atoms with van der Waals surface area (Å²) in [5.41, 5.74) is 0.929. The largest absolute Gasteiger partial charge is 0.478 e. The average Bonchev–Trinajstić information content (AvgIpc) is 2.41. The molecule has 0 spiro atoms. The van der Waals surface area contributed by atoms with Gasteiger partial charge in [-0.1, -0.05) is 0 Å². The second-order valence-electron chi connectivity index (χ2n) is 3.71. The first-order valence-electron chi connectivity index (χ1n) is 5.40. The molecule has 4 nitrogen and oxygen atoms in total. The van der Waals surface area contributed by atoms with Gasteiger partial charge < -0.3 is 10.4 Å². The number of nitrogens with zero attached hydrogens (tertiary/aromatic N) is 1. The molecule has 6 heteroatoms. The molecule has 0 fully saturated rings. The van der Waals surface area contributed by atoms with Gasteiger partial charge in [-0.05, 0) is 52.5 Å². The Labute approximate surface area is 123 Å². The van der Waals surface area contributed by atoms with Crippen LogP contribution < -0.4 is 5.32 Å². The highest BCUT2D eigenvalue weighted by molar-refractivity contribution is 9.10.